The minimum absolute atomic E-state index is 0.149. The van der Waals surface area contributed by atoms with Crippen LogP contribution in [0.4, 0.5) is 5.82 Å². The quantitative estimate of drug-likeness (QED) is 0.238. The van der Waals surface area contributed by atoms with Crippen molar-refractivity contribution < 1.29 is 18.6 Å². The van der Waals surface area contributed by atoms with E-state index in [2.05, 4.69) is 50.7 Å². The molecule has 5 rings (SSSR count). The van der Waals surface area contributed by atoms with Crippen molar-refractivity contribution in [3.63, 3.8) is 0 Å². The highest BCUT2D eigenvalue weighted by Crippen LogP contribution is 2.41. The predicted molar refractivity (Wildman–Crippen MR) is 177 cm³/mol. The highest BCUT2D eigenvalue weighted by molar-refractivity contribution is 7.92. The molecule has 1 N–H and O–H groups in total. The van der Waals surface area contributed by atoms with Gasteiger partial charge >= 0.3 is 0 Å². The standard InChI is InChI=1S/C32H42B2N4O4S/c1-5-7-14-28-35-31(17-10-11-18-31)30(39)38(28)20-23-15-16-24(26(19-23)32(33,34)41-6-2)25-12-8-9-13-27(25)43(40)37-29-21(3)22(4)42-36-29/h8-9,12-13,15-16,19H,5-7,10-11,14,17-18,20,33-34H2,1-4H3,(H,36,37). The van der Waals surface area contributed by atoms with Crippen molar-refractivity contribution in [3.05, 3.63) is 64.9 Å². The third-order valence-electron chi connectivity index (χ3n) is 8.78. The van der Waals surface area contributed by atoms with Gasteiger partial charge in [-0.2, -0.15) is 4.72 Å². The topological polar surface area (TPSA) is 103 Å². The lowest BCUT2D eigenvalue weighted by Gasteiger charge is -2.30. The summed E-state index contributed by atoms with van der Waals surface area (Å²) >= 11 is -1.59. The van der Waals surface area contributed by atoms with Gasteiger partial charge in [0.15, 0.2) is 4.90 Å². The number of aryl methyl sites for hydroxylation is 1. The lowest BCUT2D eigenvalue weighted by Crippen LogP contribution is -2.40. The van der Waals surface area contributed by atoms with Crippen molar-refractivity contribution in [3.8, 4) is 11.1 Å². The van der Waals surface area contributed by atoms with Gasteiger partial charge in [-0.3, -0.25) is 14.7 Å². The van der Waals surface area contributed by atoms with E-state index in [9.17, 15) is 9.35 Å². The summed E-state index contributed by atoms with van der Waals surface area (Å²) in [5, 5.41) is 3.40. The van der Waals surface area contributed by atoms with Gasteiger partial charge in [-0.15, -0.1) is 0 Å². The first-order valence-electron chi connectivity index (χ1n) is 15.5. The summed E-state index contributed by atoms with van der Waals surface area (Å²) in [6, 6.07) is 14.0. The number of rotatable bonds is 12. The van der Waals surface area contributed by atoms with Gasteiger partial charge in [0.25, 0.3) is 5.91 Å². The van der Waals surface area contributed by atoms with Crippen molar-refractivity contribution >= 4 is 44.6 Å². The van der Waals surface area contributed by atoms with E-state index in [4.69, 9.17) is 14.3 Å². The van der Waals surface area contributed by atoms with Crippen LogP contribution >= 0.6 is 0 Å². The number of aliphatic imine (C=N–C) groups is 1. The molecule has 3 aromatic rings. The first-order valence-corrected chi connectivity index (χ1v) is 16.6. The second-order valence-corrected chi connectivity index (χ2v) is 13.3. The van der Waals surface area contributed by atoms with Crippen LogP contribution in [0.2, 0.25) is 0 Å². The fourth-order valence-electron chi connectivity index (χ4n) is 6.25. The van der Waals surface area contributed by atoms with Gasteiger partial charge in [-0.05, 0) is 68.9 Å². The molecule has 2 heterocycles. The molecule has 1 aliphatic carbocycles. The number of hydrogen-bond donors (Lipinski definition) is 1. The molecule has 11 heteroatoms. The Labute approximate surface area is 260 Å². The smallest absolute Gasteiger partial charge is 0.256 e. The highest BCUT2D eigenvalue weighted by atomic mass is 32.2. The maximum Gasteiger partial charge on any atom is 0.256 e. The van der Waals surface area contributed by atoms with Crippen molar-refractivity contribution in [1.82, 2.24) is 10.1 Å². The zero-order valence-corrected chi connectivity index (χ0v) is 27.1. The van der Waals surface area contributed by atoms with Crippen LogP contribution in [0.5, 0.6) is 0 Å². The summed E-state index contributed by atoms with van der Waals surface area (Å²) in [7, 11) is 4.11. The molecular formula is C32H42B2N4O4S. The molecule has 0 bridgehead atoms. The molecule has 1 aliphatic heterocycles. The van der Waals surface area contributed by atoms with Crippen LogP contribution in [-0.2, 0) is 32.8 Å². The first-order chi connectivity index (χ1) is 20.6. The van der Waals surface area contributed by atoms with Crippen molar-refractivity contribution in [2.24, 2.45) is 4.99 Å². The molecule has 2 aliphatic rings. The van der Waals surface area contributed by atoms with Crippen LogP contribution in [0.25, 0.3) is 11.1 Å². The van der Waals surface area contributed by atoms with E-state index in [1.54, 1.807) is 0 Å². The van der Waals surface area contributed by atoms with E-state index < -0.39 is 22.3 Å². The lowest BCUT2D eigenvalue weighted by atomic mass is 9.59. The lowest BCUT2D eigenvalue weighted by molar-refractivity contribution is -0.131. The van der Waals surface area contributed by atoms with E-state index in [0.717, 1.165) is 78.6 Å². The molecule has 0 saturated heterocycles. The number of anilines is 1. The summed E-state index contributed by atoms with van der Waals surface area (Å²) in [6.07, 6.45) is 6.67. The van der Waals surface area contributed by atoms with Gasteiger partial charge in [0.1, 0.15) is 44.2 Å². The van der Waals surface area contributed by atoms with E-state index in [-0.39, 0.29) is 5.91 Å². The molecule has 1 aromatic heterocycles. The van der Waals surface area contributed by atoms with Crippen LogP contribution in [0.3, 0.4) is 0 Å². The van der Waals surface area contributed by atoms with Crippen molar-refractivity contribution in [2.45, 2.75) is 95.0 Å². The van der Waals surface area contributed by atoms with Gasteiger partial charge < -0.3 is 13.8 Å². The Kier molecular flexibility index (Phi) is 9.44. The fourth-order valence-corrected chi connectivity index (χ4v) is 7.30. The van der Waals surface area contributed by atoms with Crippen molar-refractivity contribution in [2.75, 3.05) is 11.3 Å². The van der Waals surface area contributed by atoms with Crippen LogP contribution in [0.15, 0.2) is 56.9 Å². The first kappa shape index (κ1) is 31.4. The van der Waals surface area contributed by atoms with Crippen LogP contribution in [0, 0.1) is 13.8 Å². The fraction of sp³-hybridized carbons (Fsp3) is 0.469. The monoisotopic (exact) mass is 600 g/mol. The number of hydrogen-bond acceptors (Lipinski definition) is 7. The summed E-state index contributed by atoms with van der Waals surface area (Å²) in [5.74, 6) is 2.22. The average Bonchev–Trinajstić information content (AvgIpc) is 3.67. The minimum Gasteiger partial charge on any atom is -0.588 e. The molecule has 1 spiro atoms. The molecule has 226 valence electrons. The number of amides is 1. The summed E-state index contributed by atoms with van der Waals surface area (Å²) in [4.78, 5) is 21.4. The number of carbonyl (C=O) groups excluding carboxylic acids is 1. The molecular weight excluding hydrogens is 558 g/mol. The summed E-state index contributed by atoms with van der Waals surface area (Å²) in [6.45, 7) is 8.88. The Morgan fingerprint density at radius 1 is 1.14 bits per heavy atom. The maximum absolute atomic E-state index is 13.8. The Morgan fingerprint density at radius 2 is 1.88 bits per heavy atom. The van der Waals surface area contributed by atoms with E-state index in [1.807, 2.05) is 49.9 Å². The molecule has 8 nitrogen and oxygen atoms in total. The van der Waals surface area contributed by atoms with Gasteiger partial charge in [0.2, 0.25) is 5.82 Å². The molecule has 1 atom stereocenters. The van der Waals surface area contributed by atoms with Crippen LogP contribution in [-0.4, -0.2) is 54.2 Å². The summed E-state index contributed by atoms with van der Waals surface area (Å²) in [5.41, 5.74) is 4.02. The average molecular weight is 600 g/mol. The molecule has 1 saturated carbocycles. The Balaban J connectivity index is 1.51. The Morgan fingerprint density at radius 3 is 2.56 bits per heavy atom. The van der Waals surface area contributed by atoms with E-state index in [1.165, 1.54) is 0 Å². The van der Waals surface area contributed by atoms with Gasteiger partial charge in [0.05, 0.1) is 6.54 Å². The van der Waals surface area contributed by atoms with E-state index in [0.29, 0.717) is 29.6 Å². The highest BCUT2D eigenvalue weighted by Gasteiger charge is 2.49. The van der Waals surface area contributed by atoms with Crippen LogP contribution in [0.1, 0.15) is 81.2 Å². The number of unbranched alkanes of at least 4 members (excludes halogenated alkanes) is 1. The second-order valence-electron chi connectivity index (χ2n) is 12.2. The number of nitrogens with one attached hydrogen (secondary N) is 1. The number of aromatic nitrogens is 1. The Hall–Kier alpha value is -3.01. The maximum atomic E-state index is 13.8. The summed E-state index contributed by atoms with van der Waals surface area (Å²) < 4.78 is 28.2. The van der Waals surface area contributed by atoms with Gasteiger partial charge in [-0.1, -0.05) is 61.7 Å². The third-order valence-corrected chi connectivity index (χ3v) is 9.92. The Bertz CT molecular complexity index is 1500. The molecule has 1 unspecified atom stereocenters. The number of carbonyl (C=O) groups is 1. The third kappa shape index (κ3) is 6.30. The molecule has 1 amide bonds. The minimum atomic E-state index is -1.59. The zero-order chi connectivity index (χ0) is 30.8. The second kappa shape index (κ2) is 12.9. The van der Waals surface area contributed by atoms with E-state index >= 15 is 0 Å². The molecule has 1 fully saturated rings. The van der Waals surface area contributed by atoms with Crippen molar-refractivity contribution in [1.29, 1.82) is 0 Å². The molecule has 2 aromatic carbocycles. The normalized spacial score (nSPS) is 17.1. The largest absolute Gasteiger partial charge is 0.588 e. The number of nitrogens with zero attached hydrogens (tertiary/aromatic N) is 3. The number of amidine groups is 1. The molecule has 0 radical (unpaired) electrons. The number of ether oxygens (including phenoxy) is 1. The van der Waals surface area contributed by atoms with Gasteiger partial charge in [0, 0.05) is 29.6 Å². The number of benzene rings is 2. The predicted octanol–water partition coefficient (Wildman–Crippen LogP) is 4.75. The SMILES string of the molecule is BC(B)(OCC)c1cc(CN2C(=O)C3(CCCC3)N=C2CCCC)ccc1-c1ccccc1[S+]([O-])Nc1noc(C)c1C. The van der Waals surface area contributed by atoms with Gasteiger partial charge in [-0.25, -0.2) is 0 Å². The van der Waals surface area contributed by atoms with Crippen LogP contribution < -0.4 is 4.72 Å². The molecule has 43 heavy (non-hydrogen) atoms. The zero-order valence-electron chi connectivity index (χ0n) is 26.3.